The highest BCUT2D eigenvalue weighted by atomic mass is 32.2. The molecule has 21 heavy (non-hydrogen) atoms. The van der Waals surface area contributed by atoms with Gasteiger partial charge in [0.1, 0.15) is 12.9 Å². The Bertz CT molecular complexity index is 579. The highest BCUT2D eigenvalue weighted by Crippen LogP contribution is 2.49. The lowest BCUT2D eigenvalue weighted by atomic mass is 9.91. The van der Waals surface area contributed by atoms with Crippen LogP contribution in [-0.4, -0.2) is 23.3 Å². The predicted octanol–water partition coefficient (Wildman–Crippen LogP) is 4.66. The average molecular weight is 305 g/mol. The third kappa shape index (κ3) is 2.86. The summed E-state index contributed by atoms with van der Waals surface area (Å²) in [6.45, 7) is 2.11. The number of allylic oxidation sites excluding steroid dienone is 1. The van der Waals surface area contributed by atoms with E-state index in [0.717, 1.165) is 24.1 Å². The lowest BCUT2D eigenvalue weighted by Crippen LogP contribution is -2.19. The van der Waals surface area contributed by atoms with Gasteiger partial charge in [-0.2, -0.15) is 0 Å². The number of nitrogens with zero attached hydrogens (tertiary/aromatic N) is 1. The molecule has 1 aromatic rings. The first-order chi connectivity index (χ1) is 10.2. The molecule has 0 N–H and O–H groups in total. The van der Waals surface area contributed by atoms with Gasteiger partial charge in [0.15, 0.2) is 0 Å². The van der Waals surface area contributed by atoms with Crippen LogP contribution >= 0.6 is 11.8 Å². The summed E-state index contributed by atoms with van der Waals surface area (Å²) in [6.07, 6.45) is 4.37. The van der Waals surface area contributed by atoms with Gasteiger partial charge in [0.05, 0.1) is 5.71 Å². The Labute approximate surface area is 129 Å². The van der Waals surface area contributed by atoms with Gasteiger partial charge in [0, 0.05) is 10.5 Å². The second-order valence-electron chi connectivity index (χ2n) is 5.50. The van der Waals surface area contributed by atoms with Gasteiger partial charge in [-0.3, -0.25) is 0 Å². The maximum absolute atomic E-state index is 13.2. The van der Waals surface area contributed by atoms with Crippen LogP contribution in [-0.2, 0) is 4.84 Å². The molecular weight excluding hydrogens is 285 g/mol. The van der Waals surface area contributed by atoms with Gasteiger partial charge in [-0.05, 0) is 54.5 Å². The van der Waals surface area contributed by atoms with Crippen LogP contribution < -0.4 is 0 Å². The van der Waals surface area contributed by atoms with Crippen molar-refractivity contribution < 1.29 is 9.23 Å². The molecular formula is C17H20FNOS. The quantitative estimate of drug-likeness (QED) is 0.596. The van der Waals surface area contributed by atoms with Crippen molar-refractivity contribution in [1.29, 1.82) is 0 Å². The number of rotatable bonds is 4. The first-order valence-corrected chi connectivity index (χ1v) is 8.42. The van der Waals surface area contributed by atoms with Crippen molar-refractivity contribution in [3.05, 3.63) is 41.2 Å². The summed E-state index contributed by atoms with van der Waals surface area (Å²) in [7, 11) is 1.60. The third-order valence-electron chi connectivity index (χ3n) is 4.23. The van der Waals surface area contributed by atoms with E-state index in [9.17, 15) is 4.39 Å². The summed E-state index contributed by atoms with van der Waals surface area (Å²) < 4.78 is 13.2. The topological polar surface area (TPSA) is 21.6 Å². The molecule has 1 aromatic carbocycles. The van der Waals surface area contributed by atoms with Crippen LogP contribution in [0.2, 0.25) is 0 Å². The summed E-state index contributed by atoms with van der Waals surface area (Å²) in [5.74, 6) is -0.185. The van der Waals surface area contributed by atoms with E-state index < -0.39 is 0 Å². The van der Waals surface area contributed by atoms with E-state index in [1.165, 1.54) is 24.0 Å². The molecule has 2 aliphatic rings. The zero-order valence-corrected chi connectivity index (χ0v) is 13.3. The fraction of sp³-hybridized carbons (Fsp3) is 0.471. The van der Waals surface area contributed by atoms with Crippen molar-refractivity contribution in [2.45, 2.75) is 43.1 Å². The van der Waals surface area contributed by atoms with Crippen molar-refractivity contribution in [3.63, 3.8) is 0 Å². The minimum atomic E-state index is -0.185. The maximum atomic E-state index is 13.2. The summed E-state index contributed by atoms with van der Waals surface area (Å²) in [5.41, 5.74) is 4.82. The van der Waals surface area contributed by atoms with Crippen LogP contribution in [0.5, 0.6) is 0 Å². The zero-order chi connectivity index (χ0) is 14.8. The van der Waals surface area contributed by atoms with E-state index in [2.05, 4.69) is 23.8 Å². The molecule has 0 aliphatic carbocycles. The van der Waals surface area contributed by atoms with Crippen molar-refractivity contribution in [2.75, 3.05) is 7.11 Å². The average Bonchev–Trinajstić information content (AvgIpc) is 2.88. The van der Waals surface area contributed by atoms with Crippen LogP contribution in [0.25, 0.3) is 5.57 Å². The molecule has 2 nitrogen and oxygen atoms in total. The van der Waals surface area contributed by atoms with Crippen LogP contribution in [0, 0.1) is 5.82 Å². The summed E-state index contributed by atoms with van der Waals surface area (Å²) in [4.78, 5) is 5.04. The van der Waals surface area contributed by atoms with E-state index in [1.54, 1.807) is 19.2 Å². The van der Waals surface area contributed by atoms with E-state index >= 15 is 0 Å². The van der Waals surface area contributed by atoms with Gasteiger partial charge < -0.3 is 4.84 Å². The van der Waals surface area contributed by atoms with Gasteiger partial charge in [-0.25, -0.2) is 4.39 Å². The van der Waals surface area contributed by atoms with Crippen LogP contribution in [0.3, 0.4) is 0 Å². The molecule has 0 radical (unpaired) electrons. The molecule has 1 saturated heterocycles. The van der Waals surface area contributed by atoms with Gasteiger partial charge in [0.2, 0.25) is 0 Å². The van der Waals surface area contributed by atoms with Gasteiger partial charge in [-0.15, -0.1) is 11.8 Å². The second-order valence-corrected chi connectivity index (χ2v) is 7.01. The van der Waals surface area contributed by atoms with Crippen LogP contribution in [0.1, 0.15) is 38.2 Å². The first kappa shape index (κ1) is 14.6. The highest BCUT2D eigenvalue weighted by molar-refractivity contribution is 8.01. The summed E-state index contributed by atoms with van der Waals surface area (Å²) in [5, 5.41) is 5.45. The number of halogens is 1. The Balaban J connectivity index is 2.09. The van der Waals surface area contributed by atoms with Gasteiger partial charge in [0.25, 0.3) is 0 Å². The number of hydrogen-bond donors (Lipinski definition) is 0. The minimum absolute atomic E-state index is 0.185. The summed E-state index contributed by atoms with van der Waals surface area (Å²) >= 11 is 2.06. The third-order valence-corrected chi connectivity index (χ3v) is 5.81. The standard InChI is InChI=1S/C17H20FNOS/c1-3-15(19-20-2)17-14(10-13-8-9-16(17)21-13)11-4-6-12(18)7-5-11/h4-7,13,16H,3,8-10H2,1-2H3/t13?,16-/m1/s1. The minimum Gasteiger partial charge on any atom is -0.399 e. The van der Waals surface area contributed by atoms with Crippen molar-refractivity contribution in [2.24, 2.45) is 5.16 Å². The number of thioether (sulfide) groups is 1. The Morgan fingerprint density at radius 2 is 2.10 bits per heavy atom. The van der Waals surface area contributed by atoms with E-state index in [0.29, 0.717) is 10.5 Å². The zero-order valence-electron chi connectivity index (χ0n) is 12.4. The Morgan fingerprint density at radius 3 is 2.76 bits per heavy atom. The maximum Gasteiger partial charge on any atom is 0.123 e. The normalized spacial score (nSPS) is 25.4. The Morgan fingerprint density at radius 1 is 1.33 bits per heavy atom. The molecule has 0 spiro atoms. The fourth-order valence-electron chi connectivity index (χ4n) is 3.30. The Hall–Kier alpha value is -1.29. The molecule has 1 unspecified atom stereocenters. The number of benzene rings is 1. The van der Waals surface area contributed by atoms with Crippen molar-refractivity contribution >= 4 is 23.0 Å². The van der Waals surface area contributed by atoms with Gasteiger partial charge >= 0.3 is 0 Å². The largest absolute Gasteiger partial charge is 0.399 e. The molecule has 1 fully saturated rings. The van der Waals surface area contributed by atoms with Crippen LogP contribution in [0.4, 0.5) is 4.39 Å². The second kappa shape index (κ2) is 6.22. The molecule has 112 valence electrons. The molecule has 2 heterocycles. The van der Waals surface area contributed by atoms with Crippen molar-refractivity contribution in [3.8, 4) is 0 Å². The SMILES string of the molecule is CCC(=NOC)C1=C(c2ccc(F)cc2)CC2CC[C@H]1S2. The molecule has 0 saturated carbocycles. The molecule has 4 heteroatoms. The molecule has 2 atom stereocenters. The highest BCUT2D eigenvalue weighted by Gasteiger charge is 2.37. The predicted molar refractivity (Wildman–Crippen MR) is 87.1 cm³/mol. The first-order valence-electron chi connectivity index (χ1n) is 7.47. The number of fused-ring (bicyclic) bond motifs is 2. The summed E-state index contributed by atoms with van der Waals surface area (Å²) in [6, 6.07) is 6.87. The smallest absolute Gasteiger partial charge is 0.123 e. The fourth-order valence-corrected chi connectivity index (χ4v) is 4.99. The van der Waals surface area contributed by atoms with Crippen molar-refractivity contribution in [1.82, 2.24) is 0 Å². The Kier molecular flexibility index (Phi) is 4.34. The van der Waals surface area contributed by atoms with E-state index in [-0.39, 0.29) is 5.82 Å². The van der Waals surface area contributed by atoms with Crippen LogP contribution in [0.15, 0.2) is 35.0 Å². The van der Waals surface area contributed by atoms with E-state index in [4.69, 9.17) is 4.84 Å². The van der Waals surface area contributed by atoms with E-state index in [1.807, 2.05) is 12.1 Å². The van der Waals surface area contributed by atoms with Gasteiger partial charge in [-0.1, -0.05) is 24.2 Å². The number of hydrogen-bond acceptors (Lipinski definition) is 3. The molecule has 2 bridgehead atoms. The molecule has 0 aromatic heterocycles. The molecule has 0 amide bonds. The lowest BCUT2D eigenvalue weighted by Gasteiger charge is -2.27. The molecule has 3 rings (SSSR count). The monoisotopic (exact) mass is 305 g/mol. The molecule has 2 aliphatic heterocycles. The lowest BCUT2D eigenvalue weighted by molar-refractivity contribution is 0.213. The number of oxime groups is 1.